The number of hydrogen-bond donors (Lipinski definition) is 3. The van der Waals surface area contributed by atoms with Gasteiger partial charge < -0.3 is 15.1 Å². The minimum Gasteiger partial charge on any atom is -0.349 e. The summed E-state index contributed by atoms with van der Waals surface area (Å²) in [5.41, 5.74) is 2.73. The van der Waals surface area contributed by atoms with E-state index in [4.69, 9.17) is 9.79 Å². The lowest BCUT2D eigenvalue weighted by Gasteiger charge is -2.03. The SMILES string of the molecule is Cn1cc(NC(=O)c2csc(-c3cnn(CP(O)O)c3)n2)c(-c2ccccn2)n1. The molecule has 4 rings (SSSR count). The van der Waals surface area contributed by atoms with Crippen LogP contribution in [0.15, 0.2) is 48.4 Å². The van der Waals surface area contributed by atoms with Crippen molar-refractivity contribution in [3.05, 3.63) is 54.1 Å². The number of anilines is 1. The number of rotatable bonds is 6. The third-order valence-electron chi connectivity index (χ3n) is 3.87. The van der Waals surface area contributed by atoms with Crippen LogP contribution in [0.1, 0.15) is 10.5 Å². The first kappa shape index (κ1) is 19.3. The van der Waals surface area contributed by atoms with Crippen molar-refractivity contribution in [3.63, 3.8) is 0 Å². The molecule has 0 radical (unpaired) electrons. The van der Waals surface area contributed by atoms with Gasteiger partial charge in [-0.25, -0.2) is 4.98 Å². The van der Waals surface area contributed by atoms with Crippen LogP contribution in [0.25, 0.3) is 22.0 Å². The maximum absolute atomic E-state index is 12.7. The van der Waals surface area contributed by atoms with Gasteiger partial charge in [0.15, 0.2) is 8.38 Å². The first-order valence-corrected chi connectivity index (χ1v) is 10.7. The van der Waals surface area contributed by atoms with E-state index in [1.807, 2.05) is 18.2 Å². The molecule has 4 aromatic heterocycles. The molecule has 0 aliphatic heterocycles. The van der Waals surface area contributed by atoms with Crippen LogP contribution in [0.2, 0.25) is 0 Å². The van der Waals surface area contributed by atoms with Crippen molar-refractivity contribution in [2.45, 2.75) is 6.29 Å². The highest BCUT2D eigenvalue weighted by molar-refractivity contribution is 7.43. The second-order valence-electron chi connectivity index (χ2n) is 6.05. The highest BCUT2D eigenvalue weighted by Crippen LogP contribution is 2.29. The summed E-state index contributed by atoms with van der Waals surface area (Å²) in [4.78, 5) is 39.5. The molecule has 0 aliphatic carbocycles. The van der Waals surface area contributed by atoms with Gasteiger partial charge in [0, 0.05) is 36.6 Å². The van der Waals surface area contributed by atoms with Crippen LogP contribution in [0.3, 0.4) is 0 Å². The molecule has 148 valence electrons. The molecular formula is C17H16N7O3PS. The Hall–Kier alpha value is -2.98. The zero-order valence-electron chi connectivity index (χ0n) is 15.2. The Kier molecular flexibility index (Phi) is 5.45. The minimum absolute atomic E-state index is 0.0192. The van der Waals surface area contributed by atoms with Crippen molar-refractivity contribution in [1.29, 1.82) is 0 Å². The van der Waals surface area contributed by atoms with Gasteiger partial charge in [-0.1, -0.05) is 6.07 Å². The van der Waals surface area contributed by atoms with Crippen LogP contribution >= 0.6 is 19.7 Å². The number of hydrogen-bond acceptors (Lipinski definition) is 8. The number of nitrogens with zero attached hydrogens (tertiary/aromatic N) is 6. The summed E-state index contributed by atoms with van der Waals surface area (Å²) in [7, 11) is -0.311. The maximum atomic E-state index is 12.7. The highest BCUT2D eigenvalue weighted by atomic mass is 32.1. The smallest absolute Gasteiger partial charge is 0.275 e. The van der Waals surface area contributed by atoms with Crippen molar-refractivity contribution in [2.24, 2.45) is 7.05 Å². The van der Waals surface area contributed by atoms with E-state index >= 15 is 0 Å². The number of nitrogens with one attached hydrogen (secondary N) is 1. The fourth-order valence-corrected chi connectivity index (χ4v) is 3.84. The first-order valence-electron chi connectivity index (χ1n) is 8.39. The number of carbonyl (C=O) groups is 1. The topological polar surface area (TPSA) is 131 Å². The summed E-state index contributed by atoms with van der Waals surface area (Å²) in [6.07, 6.45) is 6.62. The molecule has 10 nitrogen and oxygen atoms in total. The molecule has 0 saturated heterocycles. The van der Waals surface area contributed by atoms with E-state index in [0.29, 0.717) is 27.6 Å². The van der Waals surface area contributed by atoms with Crippen molar-refractivity contribution in [2.75, 3.05) is 5.32 Å². The van der Waals surface area contributed by atoms with Crippen molar-refractivity contribution >= 4 is 31.3 Å². The number of aryl methyl sites for hydroxylation is 1. The Bertz CT molecular complexity index is 1140. The van der Waals surface area contributed by atoms with Gasteiger partial charge in [-0.3, -0.25) is 19.1 Å². The maximum Gasteiger partial charge on any atom is 0.275 e. The molecule has 0 aliphatic rings. The van der Waals surface area contributed by atoms with E-state index < -0.39 is 8.38 Å². The van der Waals surface area contributed by atoms with Gasteiger partial charge in [0.2, 0.25) is 0 Å². The third-order valence-corrected chi connectivity index (χ3v) is 5.31. The van der Waals surface area contributed by atoms with Crippen molar-refractivity contribution in [1.82, 2.24) is 29.5 Å². The average Bonchev–Trinajstić information content (AvgIpc) is 3.41. The number of amides is 1. The fraction of sp³-hybridized carbons (Fsp3) is 0.118. The molecule has 4 heterocycles. The van der Waals surface area contributed by atoms with E-state index in [9.17, 15) is 4.79 Å². The zero-order chi connectivity index (χ0) is 20.4. The summed E-state index contributed by atoms with van der Waals surface area (Å²) in [6, 6.07) is 5.49. The van der Waals surface area contributed by atoms with Crippen molar-refractivity contribution < 1.29 is 14.6 Å². The molecule has 4 aromatic rings. The van der Waals surface area contributed by atoms with Gasteiger partial charge in [0.1, 0.15) is 22.7 Å². The van der Waals surface area contributed by atoms with Gasteiger partial charge in [-0.15, -0.1) is 11.3 Å². The molecule has 0 fully saturated rings. The average molecular weight is 429 g/mol. The van der Waals surface area contributed by atoms with E-state index in [-0.39, 0.29) is 17.9 Å². The molecule has 29 heavy (non-hydrogen) atoms. The van der Waals surface area contributed by atoms with Crippen LogP contribution in [0, 0.1) is 0 Å². The monoisotopic (exact) mass is 429 g/mol. The molecule has 0 unspecified atom stereocenters. The zero-order valence-corrected chi connectivity index (χ0v) is 16.9. The molecule has 0 aromatic carbocycles. The number of carbonyl (C=O) groups excluding carboxylic acids is 1. The van der Waals surface area contributed by atoms with Crippen LogP contribution in [0.4, 0.5) is 5.69 Å². The standard InChI is InChI=1S/C17H16N7O3PS/c1-23-8-13(15(22-23)12-4-2-3-5-18-12)20-16(25)14-9-29-17(21-14)11-6-19-24(7-11)10-28(26)27/h2-9,26-27H,10H2,1H3,(H,20,25). The van der Waals surface area contributed by atoms with Crippen LogP contribution in [-0.4, -0.2) is 45.2 Å². The summed E-state index contributed by atoms with van der Waals surface area (Å²) in [5.74, 6) is -0.362. The van der Waals surface area contributed by atoms with Gasteiger partial charge in [-0.2, -0.15) is 10.2 Å². The molecular weight excluding hydrogens is 413 g/mol. The molecule has 0 atom stereocenters. The Labute approximate surface area is 170 Å². The van der Waals surface area contributed by atoms with E-state index in [0.717, 1.165) is 0 Å². The van der Waals surface area contributed by atoms with Gasteiger partial charge in [-0.05, 0) is 12.1 Å². The van der Waals surface area contributed by atoms with Gasteiger partial charge in [0.25, 0.3) is 5.91 Å². The predicted octanol–water partition coefficient (Wildman–Crippen LogP) is 2.31. The lowest BCUT2D eigenvalue weighted by atomic mass is 10.2. The minimum atomic E-state index is -2.08. The predicted molar refractivity (Wildman–Crippen MR) is 109 cm³/mol. The number of pyridine rings is 1. The van der Waals surface area contributed by atoms with E-state index in [2.05, 4.69) is 25.5 Å². The van der Waals surface area contributed by atoms with E-state index in [1.165, 1.54) is 16.0 Å². The van der Waals surface area contributed by atoms with Gasteiger partial charge >= 0.3 is 0 Å². The molecule has 0 bridgehead atoms. The first-order chi connectivity index (χ1) is 14.0. The molecule has 3 N–H and O–H groups in total. The fourth-order valence-electron chi connectivity index (χ4n) is 2.65. The highest BCUT2D eigenvalue weighted by Gasteiger charge is 2.18. The second kappa shape index (κ2) is 8.18. The Balaban J connectivity index is 1.53. The largest absolute Gasteiger partial charge is 0.349 e. The lowest BCUT2D eigenvalue weighted by molar-refractivity contribution is 0.102. The normalized spacial score (nSPS) is 11.2. The quantitative estimate of drug-likeness (QED) is 0.401. The number of thiazole rings is 1. The van der Waals surface area contributed by atoms with Crippen LogP contribution in [-0.2, 0) is 13.3 Å². The third kappa shape index (κ3) is 4.38. The molecule has 1 amide bonds. The van der Waals surface area contributed by atoms with Gasteiger partial charge in [0.05, 0.1) is 17.6 Å². The Morgan fingerprint density at radius 1 is 1.31 bits per heavy atom. The lowest BCUT2D eigenvalue weighted by Crippen LogP contribution is -2.12. The number of aromatic nitrogens is 6. The molecule has 0 spiro atoms. The van der Waals surface area contributed by atoms with Crippen LogP contribution < -0.4 is 5.32 Å². The van der Waals surface area contributed by atoms with Crippen molar-refractivity contribution in [3.8, 4) is 22.0 Å². The summed E-state index contributed by atoms with van der Waals surface area (Å²) >= 11 is 1.30. The summed E-state index contributed by atoms with van der Waals surface area (Å²) < 4.78 is 3.04. The Morgan fingerprint density at radius 2 is 2.17 bits per heavy atom. The summed E-state index contributed by atoms with van der Waals surface area (Å²) in [6.45, 7) is 0. The van der Waals surface area contributed by atoms with Crippen LogP contribution in [0.5, 0.6) is 0 Å². The summed E-state index contributed by atoms with van der Waals surface area (Å²) in [5, 5.41) is 13.5. The Morgan fingerprint density at radius 3 is 2.93 bits per heavy atom. The molecule has 0 saturated carbocycles. The molecule has 12 heteroatoms. The second-order valence-corrected chi connectivity index (χ2v) is 7.94. The van der Waals surface area contributed by atoms with E-state index in [1.54, 1.807) is 41.9 Å².